The molecule has 3 heterocycles. The van der Waals surface area contributed by atoms with Crippen LogP contribution in [-0.2, 0) is 12.0 Å². The summed E-state index contributed by atoms with van der Waals surface area (Å²) in [4.78, 5) is 7.42. The molecule has 0 amide bonds. The van der Waals surface area contributed by atoms with Gasteiger partial charge in [-0.2, -0.15) is 0 Å². The van der Waals surface area contributed by atoms with E-state index >= 15 is 0 Å². The first kappa shape index (κ1) is 13.5. The van der Waals surface area contributed by atoms with Crippen molar-refractivity contribution >= 4 is 11.3 Å². The summed E-state index contributed by atoms with van der Waals surface area (Å²) in [5, 5.41) is 7.14. The summed E-state index contributed by atoms with van der Waals surface area (Å²) in [5.41, 5.74) is 1.45. The van der Waals surface area contributed by atoms with Crippen molar-refractivity contribution in [3.8, 4) is 0 Å². The molecule has 0 radical (unpaired) electrons. The first-order valence-corrected chi connectivity index (χ1v) is 8.31. The van der Waals surface area contributed by atoms with Gasteiger partial charge < -0.3 is 5.32 Å². The molecule has 2 unspecified atom stereocenters. The van der Waals surface area contributed by atoms with Crippen LogP contribution in [0.15, 0.2) is 5.38 Å². The van der Waals surface area contributed by atoms with Crippen molar-refractivity contribution in [1.82, 2.24) is 15.2 Å². The van der Waals surface area contributed by atoms with Crippen molar-refractivity contribution in [2.75, 3.05) is 19.6 Å². The molecule has 1 aromatic heterocycles. The Hall–Kier alpha value is -0.450. The number of likely N-dealkylation sites (tertiary alicyclic amines) is 1. The van der Waals surface area contributed by atoms with Crippen molar-refractivity contribution in [1.29, 1.82) is 0 Å². The minimum Gasteiger partial charge on any atom is -0.314 e. The van der Waals surface area contributed by atoms with Gasteiger partial charge in [0.25, 0.3) is 0 Å². The van der Waals surface area contributed by atoms with E-state index < -0.39 is 0 Å². The van der Waals surface area contributed by atoms with Gasteiger partial charge >= 0.3 is 0 Å². The lowest BCUT2D eigenvalue weighted by molar-refractivity contribution is 0.154. The number of aromatic nitrogens is 1. The summed E-state index contributed by atoms with van der Waals surface area (Å²) in [5.74, 6) is 0.870. The predicted octanol–water partition coefficient (Wildman–Crippen LogP) is 2.62. The molecule has 2 saturated heterocycles. The number of hydrogen-bond acceptors (Lipinski definition) is 4. The number of hydrogen-bond donors (Lipinski definition) is 1. The Morgan fingerprint density at radius 1 is 1.42 bits per heavy atom. The summed E-state index contributed by atoms with van der Waals surface area (Å²) in [6.45, 7) is 11.4. The fourth-order valence-electron chi connectivity index (χ4n) is 3.22. The highest BCUT2D eigenvalue weighted by Gasteiger charge is 2.32. The first-order chi connectivity index (χ1) is 9.02. The lowest BCUT2D eigenvalue weighted by atomic mass is 9.93. The summed E-state index contributed by atoms with van der Waals surface area (Å²) in [7, 11) is 0. The molecular formula is C15H25N3S. The van der Waals surface area contributed by atoms with Crippen LogP contribution >= 0.6 is 11.3 Å². The molecule has 4 heteroatoms. The quantitative estimate of drug-likeness (QED) is 0.902. The van der Waals surface area contributed by atoms with Crippen LogP contribution in [0.25, 0.3) is 0 Å². The van der Waals surface area contributed by atoms with Crippen molar-refractivity contribution in [2.45, 2.75) is 51.6 Å². The Balaban J connectivity index is 1.61. The zero-order valence-electron chi connectivity index (χ0n) is 12.3. The molecule has 2 aliphatic heterocycles. The Kier molecular flexibility index (Phi) is 3.67. The first-order valence-electron chi connectivity index (χ1n) is 7.43. The van der Waals surface area contributed by atoms with Crippen molar-refractivity contribution in [2.24, 2.45) is 5.92 Å². The molecule has 0 spiro atoms. The van der Waals surface area contributed by atoms with Crippen LogP contribution in [0.2, 0.25) is 0 Å². The molecule has 2 aliphatic rings. The standard InChI is InChI=1S/C15H25N3S/c1-15(2,3)14-17-12(10-19-14)9-18-7-5-13-11(8-18)4-6-16-13/h10-11,13,16H,4-9H2,1-3H3. The summed E-state index contributed by atoms with van der Waals surface area (Å²) in [6, 6.07) is 0.789. The van der Waals surface area contributed by atoms with E-state index in [9.17, 15) is 0 Å². The molecule has 1 N–H and O–H groups in total. The van der Waals surface area contributed by atoms with Crippen LogP contribution in [0.5, 0.6) is 0 Å². The summed E-state index contributed by atoms with van der Waals surface area (Å²) < 4.78 is 0. The SMILES string of the molecule is CC(C)(C)c1nc(CN2CCC3NCCC3C2)cs1. The second kappa shape index (κ2) is 5.15. The number of nitrogens with one attached hydrogen (secondary N) is 1. The monoisotopic (exact) mass is 279 g/mol. The zero-order valence-corrected chi connectivity index (χ0v) is 13.1. The van der Waals surface area contributed by atoms with Crippen molar-refractivity contribution in [3.05, 3.63) is 16.1 Å². The predicted molar refractivity (Wildman–Crippen MR) is 80.6 cm³/mol. The molecule has 3 nitrogen and oxygen atoms in total. The fourth-order valence-corrected chi connectivity index (χ4v) is 4.12. The van der Waals surface area contributed by atoms with E-state index in [1.54, 1.807) is 0 Å². The number of thiazole rings is 1. The fraction of sp³-hybridized carbons (Fsp3) is 0.800. The minimum atomic E-state index is 0.186. The highest BCUT2D eigenvalue weighted by Crippen LogP contribution is 2.28. The van der Waals surface area contributed by atoms with Crippen LogP contribution in [-0.4, -0.2) is 35.6 Å². The Morgan fingerprint density at radius 2 is 2.26 bits per heavy atom. The van der Waals surface area contributed by atoms with Gasteiger partial charge in [0, 0.05) is 36.5 Å². The molecular weight excluding hydrogens is 254 g/mol. The van der Waals surface area contributed by atoms with Gasteiger partial charge in [0.15, 0.2) is 0 Å². The highest BCUT2D eigenvalue weighted by molar-refractivity contribution is 7.09. The lowest BCUT2D eigenvalue weighted by Crippen LogP contribution is -2.43. The van der Waals surface area contributed by atoms with Gasteiger partial charge in [0.05, 0.1) is 10.7 Å². The normalized spacial score (nSPS) is 28.6. The van der Waals surface area contributed by atoms with Gasteiger partial charge in [-0.15, -0.1) is 11.3 Å². The molecule has 2 atom stereocenters. The summed E-state index contributed by atoms with van der Waals surface area (Å²) in [6.07, 6.45) is 2.66. The Morgan fingerprint density at radius 3 is 3.00 bits per heavy atom. The minimum absolute atomic E-state index is 0.186. The van der Waals surface area contributed by atoms with Gasteiger partial charge in [-0.25, -0.2) is 4.98 Å². The maximum Gasteiger partial charge on any atom is 0.0982 e. The van der Waals surface area contributed by atoms with E-state index in [-0.39, 0.29) is 5.41 Å². The number of piperidine rings is 1. The maximum absolute atomic E-state index is 4.82. The Labute approximate surface area is 120 Å². The highest BCUT2D eigenvalue weighted by atomic mass is 32.1. The third kappa shape index (κ3) is 3.01. The van der Waals surface area contributed by atoms with Crippen LogP contribution in [0.1, 0.15) is 44.3 Å². The van der Waals surface area contributed by atoms with Gasteiger partial charge in [-0.05, 0) is 25.3 Å². The van der Waals surface area contributed by atoms with Gasteiger partial charge in [-0.3, -0.25) is 4.90 Å². The molecule has 0 aromatic carbocycles. The molecule has 1 aromatic rings. The van der Waals surface area contributed by atoms with Gasteiger partial charge in [0.1, 0.15) is 0 Å². The average molecular weight is 279 g/mol. The lowest BCUT2D eigenvalue weighted by Gasteiger charge is -2.34. The van der Waals surface area contributed by atoms with Gasteiger partial charge in [-0.1, -0.05) is 20.8 Å². The van der Waals surface area contributed by atoms with E-state index in [2.05, 4.69) is 36.4 Å². The average Bonchev–Trinajstić information content (AvgIpc) is 2.95. The van der Waals surface area contributed by atoms with Crippen LogP contribution in [0.4, 0.5) is 0 Å². The molecule has 0 saturated carbocycles. The number of fused-ring (bicyclic) bond motifs is 1. The molecule has 106 valence electrons. The van der Waals surface area contributed by atoms with Crippen molar-refractivity contribution in [3.63, 3.8) is 0 Å². The van der Waals surface area contributed by atoms with Gasteiger partial charge in [0.2, 0.25) is 0 Å². The van der Waals surface area contributed by atoms with Crippen LogP contribution < -0.4 is 5.32 Å². The van der Waals surface area contributed by atoms with Crippen LogP contribution in [0, 0.1) is 5.92 Å². The summed E-state index contributed by atoms with van der Waals surface area (Å²) >= 11 is 1.81. The molecule has 0 aliphatic carbocycles. The molecule has 2 fully saturated rings. The Bertz CT molecular complexity index is 435. The molecule has 3 rings (SSSR count). The van der Waals surface area contributed by atoms with E-state index in [1.165, 1.54) is 43.2 Å². The van der Waals surface area contributed by atoms with E-state index in [0.717, 1.165) is 18.5 Å². The second-order valence-corrected chi connectivity index (χ2v) is 7.89. The largest absolute Gasteiger partial charge is 0.314 e. The topological polar surface area (TPSA) is 28.2 Å². The number of nitrogens with zero attached hydrogens (tertiary/aromatic N) is 2. The van der Waals surface area contributed by atoms with Crippen molar-refractivity contribution < 1.29 is 0 Å². The smallest absolute Gasteiger partial charge is 0.0982 e. The van der Waals surface area contributed by atoms with Crippen LogP contribution in [0.3, 0.4) is 0 Å². The maximum atomic E-state index is 4.82. The van der Waals surface area contributed by atoms with E-state index in [4.69, 9.17) is 4.98 Å². The zero-order chi connectivity index (χ0) is 13.5. The second-order valence-electron chi connectivity index (χ2n) is 7.03. The van der Waals surface area contributed by atoms with E-state index in [0.29, 0.717) is 0 Å². The van der Waals surface area contributed by atoms with E-state index in [1.807, 2.05) is 11.3 Å². The third-order valence-electron chi connectivity index (χ3n) is 4.32. The third-order valence-corrected chi connectivity index (χ3v) is 5.64. The molecule has 0 bridgehead atoms. The number of rotatable bonds is 2. The molecule has 19 heavy (non-hydrogen) atoms.